The third kappa shape index (κ3) is 4.48. The summed E-state index contributed by atoms with van der Waals surface area (Å²) in [5.41, 5.74) is 1.18. The van der Waals surface area contributed by atoms with E-state index in [1.165, 1.54) is 12.8 Å². The van der Waals surface area contributed by atoms with Gasteiger partial charge in [0.25, 0.3) is 5.91 Å². The highest BCUT2D eigenvalue weighted by Crippen LogP contribution is 2.16. The molecule has 1 saturated heterocycles. The number of likely N-dealkylation sites (tertiary alicyclic amines) is 1. The number of benzene rings is 1. The van der Waals surface area contributed by atoms with Gasteiger partial charge >= 0.3 is 6.09 Å². The number of hydrogen-bond acceptors (Lipinski definition) is 3. The predicted octanol–water partition coefficient (Wildman–Crippen LogP) is 3.27. The zero-order valence-electron chi connectivity index (χ0n) is 12.4. The number of ether oxygens (including phenoxy) is 1. The fraction of sp³-hybridized carbons (Fsp3) is 0.500. The van der Waals surface area contributed by atoms with Gasteiger partial charge in [-0.2, -0.15) is 0 Å². The minimum absolute atomic E-state index is 0.0319. The molecule has 114 valence electrons. The van der Waals surface area contributed by atoms with Crippen molar-refractivity contribution in [3.05, 3.63) is 29.8 Å². The van der Waals surface area contributed by atoms with Crippen molar-refractivity contribution in [2.45, 2.75) is 32.6 Å². The Morgan fingerprint density at radius 3 is 2.57 bits per heavy atom. The van der Waals surface area contributed by atoms with E-state index in [2.05, 4.69) is 5.32 Å². The van der Waals surface area contributed by atoms with Crippen LogP contribution in [0, 0.1) is 0 Å². The molecule has 5 nitrogen and oxygen atoms in total. The summed E-state index contributed by atoms with van der Waals surface area (Å²) < 4.78 is 4.83. The van der Waals surface area contributed by atoms with Gasteiger partial charge in [-0.15, -0.1) is 0 Å². The molecule has 0 bridgehead atoms. The number of amides is 2. The summed E-state index contributed by atoms with van der Waals surface area (Å²) in [6.07, 6.45) is 4.00. The van der Waals surface area contributed by atoms with E-state index in [0.29, 0.717) is 17.9 Å². The largest absolute Gasteiger partial charge is 0.450 e. The van der Waals surface area contributed by atoms with Gasteiger partial charge in [-0.25, -0.2) is 4.79 Å². The van der Waals surface area contributed by atoms with Crippen molar-refractivity contribution < 1.29 is 14.3 Å². The van der Waals surface area contributed by atoms with Crippen molar-refractivity contribution in [2.24, 2.45) is 0 Å². The Morgan fingerprint density at radius 2 is 1.90 bits per heavy atom. The summed E-state index contributed by atoms with van der Waals surface area (Å²) in [5, 5.41) is 2.62. The highest BCUT2D eigenvalue weighted by molar-refractivity contribution is 5.96. The Labute approximate surface area is 125 Å². The first-order valence-electron chi connectivity index (χ1n) is 7.54. The Morgan fingerprint density at radius 1 is 1.19 bits per heavy atom. The number of nitrogens with zero attached hydrogens (tertiary/aromatic N) is 1. The molecule has 1 N–H and O–H groups in total. The number of carbonyl (C=O) groups is 2. The molecule has 0 aliphatic carbocycles. The summed E-state index contributed by atoms with van der Waals surface area (Å²) in [4.78, 5) is 25.8. The summed E-state index contributed by atoms with van der Waals surface area (Å²) in [7, 11) is 0. The maximum atomic E-state index is 12.5. The molecular weight excluding hydrogens is 268 g/mol. The number of nitrogens with one attached hydrogen (secondary N) is 1. The highest BCUT2D eigenvalue weighted by Gasteiger charge is 2.17. The summed E-state index contributed by atoms with van der Waals surface area (Å²) in [6, 6.07) is 7.00. The summed E-state index contributed by atoms with van der Waals surface area (Å²) in [6.45, 7) is 3.69. The van der Waals surface area contributed by atoms with E-state index >= 15 is 0 Å². The molecule has 1 aromatic carbocycles. The van der Waals surface area contributed by atoms with Gasteiger partial charge in [0, 0.05) is 24.3 Å². The number of carbonyl (C=O) groups excluding carboxylic acids is 2. The minimum atomic E-state index is -0.503. The predicted molar refractivity (Wildman–Crippen MR) is 81.5 cm³/mol. The Hall–Kier alpha value is -2.04. The van der Waals surface area contributed by atoms with Gasteiger partial charge < -0.3 is 9.64 Å². The maximum Gasteiger partial charge on any atom is 0.411 e. The lowest BCUT2D eigenvalue weighted by Gasteiger charge is -2.20. The molecule has 21 heavy (non-hydrogen) atoms. The van der Waals surface area contributed by atoms with Crippen molar-refractivity contribution in [3.63, 3.8) is 0 Å². The second-order valence-corrected chi connectivity index (χ2v) is 5.13. The molecule has 1 fully saturated rings. The topological polar surface area (TPSA) is 58.6 Å². The molecule has 1 heterocycles. The van der Waals surface area contributed by atoms with Gasteiger partial charge in [-0.3, -0.25) is 10.1 Å². The molecule has 2 rings (SSSR count). The van der Waals surface area contributed by atoms with Gasteiger partial charge in [-0.05, 0) is 38.0 Å². The smallest absolute Gasteiger partial charge is 0.411 e. The molecule has 0 radical (unpaired) electrons. The molecule has 0 saturated carbocycles. The average Bonchev–Trinajstić information content (AvgIpc) is 2.76. The monoisotopic (exact) mass is 290 g/mol. The van der Waals surface area contributed by atoms with Crippen LogP contribution in [0.2, 0.25) is 0 Å². The standard InChI is InChI=1S/C16H22N2O3/c1-2-21-16(20)17-14-9-7-8-13(12-14)15(19)18-10-5-3-4-6-11-18/h7-9,12H,2-6,10-11H2,1H3,(H,17,20). The van der Waals surface area contributed by atoms with E-state index in [0.717, 1.165) is 25.9 Å². The number of rotatable bonds is 3. The van der Waals surface area contributed by atoms with E-state index in [-0.39, 0.29) is 5.91 Å². The minimum Gasteiger partial charge on any atom is -0.450 e. The quantitative estimate of drug-likeness (QED) is 0.929. The highest BCUT2D eigenvalue weighted by atomic mass is 16.5. The van der Waals surface area contributed by atoms with Crippen molar-refractivity contribution in [2.75, 3.05) is 25.0 Å². The molecule has 0 unspecified atom stereocenters. The second kappa shape index (κ2) is 7.67. The van der Waals surface area contributed by atoms with Crippen LogP contribution < -0.4 is 5.32 Å². The summed E-state index contributed by atoms with van der Waals surface area (Å²) in [5.74, 6) is 0.0319. The lowest BCUT2D eigenvalue weighted by Crippen LogP contribution is -2.31. The van der Waals surface area contributed by atoms with Crippen LogP contribution in [-0.4, -0.2) is 36.6 Å². The van der Waals surface area contributed by atoms with Crippen LogP contribution in [0.5, 0.6) is 0 Å². The Kier molecular flexibility index (Phi) is 5.60. The number of hydrogen-bond donors (Lipinski definition) is 1. The number of anilines is 1. The molecule has 0 aromatic heterocycles. The first-order valence-corrected chi connectivity index (χ1v) is 7.54. The van der Waals surface area contributed by atoms with Gasteiger partial charge in [0.1, 0.15) is 0 Å². The van der Waals surface area contributed by atoms with Crippen molar-refractivity contribution in [1.82, 2.24) is 4.90 Å². The lowest BCUT2D eigenvalue weighted by molar-refractivity contribution is 0.0761. The van der Waals surface area contributed by atoms with E-state index in [1.807, 2.05) is 4.90 Å². The third-order valence-corrected chi connectivity index (χ3v) is 3.52. The van der Waals surface area contributed by atoms with Crippen LogP contribution in [0.3, 0.4) is 0 Å². The third-order valence-electron chi connectivity index (χ3n) is 3.52. The average molecular weight is 290 g/mol. The Bertz CT molecular complexity index is 494. The van der Waals surface area contributed by atoms with Gasteiger partial charge in [-0.1, -0.05) is 18.9 Å². The Balaban J connectivity index is 2.05. The normalized spacial score (nSPS) is 15.2. The van der Waals surface area contributed by atoms with E-state index < -0.39 is 6.09 Å². The van der Waals surface area contributed by atoms with Crippen LogP contribution in [0.1, 0.15) is 43.0 Å². The molecule has 2 amide bonds. The SMILES string of the molecule is CCOC(=O)Nc1cccc(C(=O)N2CCCCCC2)c1. The van der Waals surface area contributed by atoms with Crippen LogP contribution in [-0.2, 0) is 4.74 Å². The van der Waals surface area contributed by atoms with Crippen LogP contribution in [0.4, 0.5) is 10.5 Å². The molecule has 1 aliphatic heterocycles. The first-order chi connectivity index (χ1) is 10.2. The van der Waals surface area contributed by atoms with Crippen molar-refractivity contribution in [1.29, 1.82) is 0 Å². The van der Waals surface area contributed by atoms with Gasteiger partial charge in [0.2, 0.25) is 0 Å². The van der Waals surface area contributed by atoms with Crippen LogP contribution in [0.25, 0.3) is 0 Å². The molecule has 1 aliphatic rings. The first kappa shape index (κ1) is 15.4. The van der Waals surface area contributed by atoms with Crippen LogP contribution >= 0.6 is 0 Å². The fourth-order valence-electron chi connectivity index (χ4n) is 2.47. The lowest BCUT2D eigenvalue weighted by atomic mass is 10.1. The second-order valence-electron chi connectivity index (χ2n) is 5.13. The van der Waals surface area contributed by atoms with Crippen molar-refractivity contribution in [3.8, 4) is 0 Å². The van der Waals surface area contributed by atoms with Gasteiger partial charge in [0.15, 0.2) is 0 Å². The van der Waals surface area contributed by atoms with E-state index in [4.69, 9.17) is 4.74 Å². The molecule has 0 atom stereocenters. The zero-order chi connectivity index (χ0) is 15.1. The zero-order valence-corrected chi connectivity index (χ0v) is 12.4. The molecule has 0 spiro atoms. The maximum absolute atomic E-state index is 12.5. The molecular formula is C16H22N2O3. The fourth-order valence-corrected chi connectivity index (χ4v) is 2.47. The molecule has 1 aromatic rings. The van der Waals surface area contributed by atoms with E-state index in [1.54, 1.807) is 31.2 Å². The van der Waals surface area contributed by atoms with Crippen LogP contribution in [0.15, 0.2) is 24.3 Å². The summed E-state index contributed by atoms with van der Waals surface area (Å²) >= 11 is 0. The molecule has 5 heteroatoms. The van der Waals surface area contributed by atoms with Gasteiger partial charge in [0.05, 0.1) is 6.61 Å². The van der Waals surface area contributed by atoms with Crippen molar-refractivity contribution >= 4 is 17.7 Å². The van der Waals surface area contributed by atoms with E-state index in [9.17, 15) is 9.59 Å².